The Morgan fingerprint density at radius 2 is 1.18 bits per heavy atom. The predicted molar refractivity (Wildman–Crippen MR) is 120 cm³/mol. The summed E-state index contributed by atoms with van der Waals surface area (Å²) >= 11 is 0. The highest BCUT2D eigenvalue weighted by Crippen LogP contribution is 2.31. The quantitative estimate of drug-likeness (QED) is 0.460. The number of esters is 2. The van der Waals surface area contributed by atoms with E-state index in [4.69, 9.17) is 9.47 Å². The first-order valence-electron chi connectivity index (χ1n) is 9.92. The molecule has 0 radical (unpaired) electrons. The van der Waals surface area contributed by atoms with Gasteiger partial charge in [-0.2, -0.15) is 0 Å². The van der Waals surface area contributed by atoms with Crippen LogP contribution in [-0.2, 0) is 9.47 Å². The van der Waals surface area contributed by atoms with Gasteiger partial charge in [0.1, 0.15) is 5.75 Å². The number of rotatable bonds is 5. The molecule has 3 aromatic carbocycles. The fourth-order valence-electron chi connectivity index (χ4n) is 3.18. The molecule has 0 bridgehead atoms. The van der Waals surface area contributed by atoms with Crippen LogP contribution < -0.4 is 0 Å². The molecule has 0 unspecified atom stereocenters. The van der Waals surface area contributed by atoms with Crippen molar-refractivity contribution in [1.82, 2.24) is 15.0 Å². The molecule has 4 rings (SSSR count). The van der Waals surface area contributed by atoms with Crippen LogP contribution >= 0.6 is 0 Å². The minimum absolute atomic E-state index is 0.171. The standard InChI is InChI=1S/C25H19N3O5/c1-32-24(30)17-10-8-16(9-11-17)22-26-21(15-6-4-3-5-7-15)27-23(28-22)19-13-12-18(14-20(19)29)25(31)33-2/h3-14,29H,1-2H3. The van der Waals surface area contributed by atoms with Crippen LogP contribution in [-0.4, -0.2) is 46.2 Å². The van der Waals surface area contributed by atoms with Gasteiger partial charge in [-0.05, 0) is 30.3 Å². The van der Waals surface area contributed by atoms with Crippen molar-refractivity contribution in [3.63, 3.8) is 0 Å². The zero-order valence-electron chi connectivity index (χ0n) is 17.9. The highest BCUT2D eigenvalue weighted by Gasteiger charge is 2.17. The third-order valence-electron chi connectivity index (χ3n) is 4.89. The Balaban J connectivity index is 1.84. The number of carbonyl (C=O) groups excluding carboxylic acids is 2. The molecule has 33 heavy (non-hydrogen) atoms. The van der Waals surface area contributed by atoms with Crippen molar-refractivity contribution in [2.75, 3.05) is 14.2 Å². The summed E-state index contributed by atoms with van der Waals surface area (Å²) in [6.45, 7) is 0. The summed E-state index contributed by atoms with van der Waals surface area (Å²) in [5, 5.41) is 10.6. The van der Waals surface area contributed by atoms with Gasteiger partial charge in [-0.3, -0.25) is 0 Å². The second kappa shape index (κ2) is 9.27. The predicted octanol–water partition coefficient (Wildman–Crippen LogP) is 4.15. The molecule has 0 aliphatic heterocycles. The highest BCUT2D eigenvalue weighted by atomic mass is 16.5. The van der Waals surface area contributed by atoms with Gasteiger partial charge < -0.3 is 14.6 Å². The van der Waals surface area contributed by atoms with Crippen LogP contribution in [0.1, 0.15) is 20.7 Å². The van der Waals surface area contributed by atoms with E-state index in [1.165, 1.54) is 26.4 Å². The Kier molecular flexibility index (Phi) is 6.08. The lowest BCUT2D eigenvalue weighted by molar-refractivity contribution is 0.0591. The van der Waals surface area contributed by atoms with Crippen molar-refractivity contribution in [2.24, 2.45) is 0 Å². The van der Waals surface area contributed by atoms with Crippen molar-refractivity contribution in [3.8, 4) is 39.9 Å². The molecule has 164 valence electrons. The third kappa shape index (κ3) is 4.54. The lowest BCUT2D eigenvalue weighted by Gasteiger charge is -2.10. The van der Waals surface area contributed by atoms with Crippen LogP contribution in [0.4, 0.5) is 0 Å². The van der Waals surface area contributed by atoms with Gasteiger partial charge in [0.2, 0.25) is 0 Å². The molecular weight excluding hydrogens is 422 g/mol. The van der Waals surface area contributed by atoms with Crippen molar-refractivity contribution in [1.29, 1.82) is 0 Å². The molecule has 1 N–H and O–H groups in total. The van der Waals surface area contributed by atoms with E-state index in [2.05, 4.69) is 15.0 Å². The van der Waals surface area contributed by atoms with Crippen LogP contribution in [0.2, 0.25) is 0 Å². The van der Waals surface area contributed by atoms with Gasteiger partial charge in [-0.15, -0.1) is 0 Å². The molecule has 0 saturated heterocycles. The lowest BCUT2D eigenvalue weighted by atomic mass is 10.1. The molecule has 0 atom stereocenters. The zero-order valence-corrected chi connectivity index (χ0v) is 17.9. The van der Waals surface area contributed by atoms with Gasteiger partial charge in [0.15, 0.2) is 17.5 Å². The summed E-state index contributed by atoms with van der Waals surface area (Å²) in [5.41, 5.74) is 2.34. The summed E-state index contributed by atoms with van der Waals surface area (Å²) in [4.78, 5) is 37.2. The van der Waals surface area contributed by atoms with E-state index in [1.807, 2.05) is 30.3 Å². The fraction of sp³-hybridized carbons (Fsp3) is 0.0800. The van der Waals surface area contributed by atoms with E-state index in [1.54, 1.807) is 30.3 Å². The number of methoxy groups -OCH3 is 2. The normalized spacial score (nSPS) is 10.5. The Bertz CT molecular complexity index is 1320. The van der Waals surface area contributed by atoms with Crippen LogP contribution in [0.15, 0.2) is 72.8 Å². The molecular formula is C25H19N3O5. The number of aromatic nitrogens is 3. The van der Waals surface area contributed by atoms with Crippen LogP contribution in [0.5, 0.6) is 5.75 Å². The fourth-order valence-corrected chi connectivity index (χ4v) is 3.18. The van der Waals surface area contributed by atoms with Crippen molar-refractivity contribution >= 4 is 11.9 Å². The number of ether oxygens (including phenoxy) is 2. The Labute approximate surface area is 189 Å². The monoisotopic (exact) mass is 441 g/mol. The van der Waals surface area contributed by atoms with E-state index in [9.17, 15) is 14.7 Å². The average Bonchev–Trinajstić information content (AvgIpc) is 2.88. The van der Waals surface area contributed by atoms with Crippen LogP contribution in [0.25, 0.3) is 34.2 Å². The van der Waals surface area contributed by atoms with Crippen LogP contribution in [0, 0.1) is 0 Å². The summed E-state index contributed by atoms with van der Waals surface area (Å²) < 4.78 is 9.44. The Morgan fingerprint density at radius 1 is 0.667 bits per heavy atom. The molecule has 4 aromatic rings. The smallest absolute Gasteiger partial charge is 0.337 e. The van der Waals surface area contributed by atoms with Gasteiger partial charge in [0.05, 0.1) is 30.9 Å². The maximum Gasteiger partial charge on any atom is 0.337 e. The van der Waals surface area contributed by atoms with E-state index >= 15 is 0 Å². The molecule has 8 heteroatoms. The number of benzene rings is 3. The van der Waals surface area contributed by atoms with Gasteiger partial charge in [0.25, 0.3) is 0 Å². The van der Waals surface area contributed by atoms with Gasteiger partial charge in [-0.1, -0.05) is 42.5 Å². The molecule has 0 saturated carbocycles. The van der Waals surface area contributed by atoms with Crippen LogP contribution in [0.3, 0.4) is 0 Å². The first-order valence-corrected chi connectivity index (χ1v) is 9.92. The molecule has 0 amide bonds. The SMILES string of the molecule is COC(=O)c1ccc(-c2nc(-c3ccccc3)nc(-c3ccc(C(=O)OC)cc3O)n2)cc1. The van der Waals surface area contributed by atoms with Gasteiger partial charge in [-0.25, -0.2) is 24.5 Å². The number of hydrogen-bond acceptors (Lipinski definition) is 8. The lowest BCUT2D eigenvalue weighted by Crippen LogP contribution is -2.03. The minimum Gasteiger partial charge on any atom is -0.507 e. The third-order valence-corrected chi connectivity index (χ3v) is 4.89. The summed E-state index contributed by atoms with van der Waals surface area (Å²) in [6, 6.07) is 20.4. The van der Waals surface area contributed by atoms with E-state index in [0.29, 0.717) is 28.3 Å². The topological polar surface area (TPSA) is 112 Å². The number of carbonyl (C=O) groups is 2. The summed E-state index contributed by atoms with van der Waals surface area (Å²) in [5.74, 6) is -0.196. The maximum absolute atomic E-state index is 11.8. The molecule has 0 aliphatic carbocycles. The van der Waals surface area contributed by atoms with E-state index < -0.39 is 11.9 Å². The Hall–Kier alpha value is -4.59. The van der Waals surface area contributed by atoms with Gasteiger partial charge in [0, 0.05) is 11.1 Å². The second-order valence-electron chi connectivity index (χ2n) is 6.96. The number of nitrogens with zero attached hydrogens (tertiary/aromatic N) is 3. The molecule has 1 aromatic heterocycles. The van der Waals surface area contributed by atoms with E-state index in [-0.39, 0.29) is 17.1 Å². The van der Waals surface area contributed by atoms with E-state index in [0.717, 1.165) is 5.56 Å². The number of aromatic hydroxyl groups is 1. The molecule has 1 heterocycles. The van der Waals surface area contributed by atoms with Crippen molar-refractivity contribution < 1.29 is 24.2 Å². The number of phenolic OH excluding ortho intramolecular Hbond substituents is 1. The average molecular weight is 441 g/mol. The zero-order chi connectivity index (χ0) is 23.4. The second-order valence-corrected chi connectivity index (χ2v) is 6.96. The van der Waals surface area contributed by atoms with Crippen molar-refractivity contribution in [2.45, 2.75) is 0 Å². The summed E-state index contributed by atoms with van der Waals surface area (Å²) in [6.07, 6.45) is 0. The number of hydrogen-bond donors (Lipinski definition) is 1. The first-order chi connectivity index (χ1) is 16.0. The Morgan fingerprint density at radius 3 is 1.76 bits per heavy atom. The maximum atomic E-state index is 11.8. The highest BCUT2D eigenvalue weighted by molar-refractivity contribution is 5.91. The summed E-state index contributed by atoms with van der Waals surface area (Å²) in [7, 11) is 2.59. The minimum atomic E-state index is -0.566. The van der Waals surface area contributed by atoms with Gasteiger partial charge >= 0.3 is 11.9 Å². The largest absolute Gasteiger partial charge is 0.507 e. The molecule has 0 spiro atoms. The molecule has 0 fully saturated rings. The first kappa shape index (κ1) is 21.6. The molecule has 0 aliphatic rings. The van der Waals surface area contributed by atoms with Crippen molar-refractivity contribution in [3.05, 3.63) is 83.9 Å². The molecule has 8 nitrogen and oxygen atoms in total. The number of phenols is 1.